The second kappa shape index (κ2) is 11.2. The zero-order valence-electron chi connectivity index (χ0n) is 21.2. The molecule has 0 aliphatic carbocycles. The van der Waals surface area contributed by atoms with Gasteiger partial charge in [0.15, 0.2) is 10.8 Å². The summed E-state index contributed by atoms with van der Waals surface area (Å²) in [5, 5.41) is 0.593. The molecule has 2 aromatic heterocycles. The Hall–Kier alpha value is -3.36. The molecule has 1 saturated heterocycles. The number of hydrogen-bond acceptors (Lipinski definition) is 10. The number of benzene rings is 1. The van der Waals surface area contributed by atoms with E-state index in [0.717, 1.165) is 12.1 Å². The van der Waals surface area contributed by atoms with Gasteiger partial charge in [0, 0.05) is 51.3 Å². The minimum absolute atomic E-state index is 0.0762. The molecule has 2 atom stereocenters. The van der Waals surface area contributed by atoms with Crippen LogP contribution in [0, 0.1) is 5.82 Å². The van der Waals surface area contributed by atoms with Crippen LogP contribution in [-0.4, -0.2) is 74.4 Å². The zero-order chi connectivity index (χ0) is 27.6. The minimum atomic E-state index is -4.67. The number of aliphatic imine (C=N–C) groups is 1. The SMILES string of the molecule is COCN=CC(=CN)C1CN(c2nc(-c3ccc(C(F)(F)F)cc3F)c3sc(N(C)C)nc3n2)CC(C)O1. The van der Waals surface area contributed by atoms with E-state index < -0.39 is 23.7 Å². The molecular weight excluding hydrogens is 526 g/mol. The molecule has 204 valence electrons. The van der Waals surface area contributed by atoms with Crippen LogP contribution in [-0.2, 0) is 15.7 Å². The van der Waals surface area contributed by atoms with Crippen LogP contribution in [0.1, 0.15) is 12.5 Å². The highest BCUT2D eigenvalue weighted by atomic mass is 32.1. The van der Waals surface area contributed by atoms with Crippen molar-refractivity contribution in [2.45, 2.75) is 25.3 Å². The quantitative estimate of drug-likeness (QED) is 0.345. The molecule has 3 aromatic rings. The lowest BCUT2D eigenvalue weighted by Gasteiger charge is -2.37. The van der Waals surface area contributed by atoms with Gasteiger partial charge in [0.1, 0.15) is 23.4 Å². The van der Waals surface area contributed by atoms with Crippen molar-refractivity contribution in [1.29, 1.82) is 0 Å². The normalized spacial score (nSPS) is 19.1. The number of morpholine rings is 1. The average molecular weight is 554 g/mol. The van der Waals surface area contributed by atoms with Gasteiger partial charge in [-0.3, -0.25) is 4.99 Å². The molecule has 2 N–H and O–H groups in total. The molecule has 0 bridgehead atoms. The Morgan fingerprint density at radius 3 is 2.68 bits per heavy atom. The Morgan fingerprint density at radius 1 is 1.29 bits per heavy atom. The third-order valence-electron chi connectivity index (χ3n) is 5.72. The van der Waals surface area contributed by atoms with Crippen LogP contribution in [0.2, 0.25) is 0 Å². The lowest BCUT2D eigenvalue weighted by molar-refractivity contribution is -0.137. The summed E-state index contributed by atoms with van der Waals surface area (Å²) in [6.07, 6.45) is -2.42. The maximum Gasteiger partial charge on any atom is 0.416 e. The van der Waals surface area contributed by atoms with Crippen LogP contribution in [0.25, 0.3) is 21.6 Å². The van der Waals surface area contributed by atoms with Crippen LogP contribution in [0.4, 0.5) is 28.6 Å². The van der Waals surface area contributed by atoms with Crippen molar-refractivity contribution >= 4 is 39.0 Å². The van der Waals surface area contributed by atoms with Crippen molar-refractivity contribution in [3.8, 4) is 11.3 Å². The summed E-state index contributed by atoms with van der Waals surface area (Å²) in [4.78, 5) is 21.6. The van der Waals surface area contributed by atoms with Crippen molar-refractivity contribution in [3.05, 3.63) is 41.4 Å². The van der Waals surface area contributed by atoms with E-state index >= 15 is 4.39 Å². The van der Waals surface area contributed by atoms with E-state index in [4.69, 9.17) is 15.2 Å². The standard InChI is InChI=1S/C24H27F4N7O2S/c1-13-10-35(11-18(37-13)14(8-29)9-30-12-36-4)22-31-19(20-21(32-22)33-23(38-20)34(2)3)16-6-5-15(7-17(16)25)24(26,27)28/h5-9,13,18H,10-12,29H2,1-4H3. The fourth-order valence-corrected chi connectivity index (χ4v) is 4.88. The molecule has 0 saturated carbocycles. The van der Waals surface area contributed by atoms with Crippen molar-refractivity contribution < 1.29 is 27.0 Å². The second-order valence-corrected chi connectivity index (χ2v) is 9.82. The van der Waals surface area contributed by atoms with E-state index in [2.05, 4.69) is 19.9 Å². The number of fused-ring (bicyclic) bond motifs is 1. The number of nitrogens with two attached hydrogens (primary N) is 1. The first-order valence-corrected chi connectivity index (χ1v) is 12.4. The Labute approximate surface area is 220 Å². The number of aromatic nitrogens is 3. The number of halogens is 4. The third kappa shape index (κ3) is 5.87. The lowest BCUT2D eigenvalue weighted by atomic mass is 10.1. The molecule has 1 aliphatic heterocycles. The molecule has 0 radical (unpaired) electrons. The fraction of sp³-hybridized carbons (Fsp3) is 0.417. The largest absolute Gasteiger partial charge is 0.416 e. The van der Waals surface area contributed by atoms with Crippen LogP contribution in [0.3, 0.4) is 0 Å². The first-order valence-electron chi connectivity index (χ1n) is 11.6. The van der Waals surface area contributed by atoms with Gasteiger partial charge in [0.05, 0.1) is 23.9 Å². The molecule has 1 fully saturated rings. The molecular formula is C24H27F4N7O2S. The highest BCUT2D eigenvalue weighted by molar-refractivity contribution is 7.22. The topological polar surface area (TPSA) is 102 Å². The number of thiazole rings is 1. The van der Waals surface area contributed by atoms with E-state index in [0.29, 0.717) is 40.2 Å². The predicted octanol–water partition coefficient (Wildman–Crippen LogP) is 4.09. The van der Waals surface area contributed by atoms with Crippen molar-refractivity contribution in [2.24, 2.45) is 10.7 Å². The maximum atomic E-state index is 15.1. The van der Waals surface area contributed by atoms with Crippen LogP contribution < -0.4 is 15.5 Å². The molecule has 0 amide bonds. The van der Waals surface area contributed by atoms with Crippen LogP contribution in [0.15, 0.2) is 35.0 Å². The van der Waals surface area contributed by atoms with Gasteiger partial charge >= 0.3 is 6.18 Å². The molecule has 3 heterocycles. The van der Waals surface area contributed by atoms with Gasteiger partial charge in [-0.1, -0.05) is 11.3 Å². The fourth-order valence-electron chi connectivity index (χ4n) is 3.95. The van der Waals surface area contributed by atoms with Gasteiger partial charge < -0.3 is 25.0 Å². The molecule has 2 unspecified atom stereocenters. The van der Waals surface area contributed by atoms with Crippen LogP contribution >= 0.6 is 11.3 Å². The summed E-state index contributed by atoms with van der Waals surface area (Å²) in [6.45, 7) is 2.75. The van der Waals surface area contributed by atoms with Gasteiger partial charge in [0.25, 0.3) is 0 Å². The Bertz CT molecular complexity index is 1360. The summed E-state index contributed by atoms with van der Waals surface area (Å²) in [6, 6.07) is 2.40. The molecule has 1 aliphatic rings. The average Bonchev–Trinajstić information content (AvgIpc) is 3.30. The summed E-state index contributed by atoms with van der Waals surface area (Å²) in [5.74, 6) is -0.797. The first-order chi connectivity index (χ1) is 18.0. The van der Waals surface area contributed by atoms with Crippen LogP contribution in [0.5, 0.6) is 0 Å². The predicted molar refractivity (Wildman–Crippen MR) is 139 cm³/mol. The highest BCUT2D eigenvalue weighted by Crippen LogP contribution is 2.38. The molecule has 0 spiro atoms. The third-order valence-corrected chi connectivity index (χ3v) is 6.94. The van der Waals surface area contributed by atoms with E-state index in [1.807, 2.05) is 11.8 Å². The molecule has 1 aromatic carbocycles. The van der Waals surface area contributed by atoms with Crippen molar-refractivity contribution in [1.82, 2.24) is 15.0 Å². The van der Waals surface area contributed by atoms with Crippen molar-refractivity contribution in [2.75, 3.05) is 50.8 Å². The van der Waals surface area contributed by atoms with E-state index in [1.165, 1.54) is 24.6 Å². The summed E-state index contributed by atoms with van der Waals surface area (Å²) in [7, 11) is 5.11. The Kier molecular flexibility index (Phi) is 8.13. The molecule has 4 rings (SSSR count). The van der Waals surface area contributed by atoms with Gasteiger partial charge in [-0.15, -0.1) is 0 Å². The Balaban J connectivity index is 1.80. The lowest BCUT2D eigenvalue weighted by Crippen LogP contribution is -2.48. The number of rotatable bonds is 7. The number of alkyl halides is 3. The number of anilines is 2. The van der Waals surface area contributed by atoms with Gasteiger partial charge in [0.2, 0.25) is 5.95 Å². The molecule has 9 nitrogen and oxygen atoms in total. The Morgan fingerprint density at radius 2 is 2.05 bits per heavy atom. The van der Waals surface area contributed by atoms with E-state index in [1.54, 1.807) is 25.2 Å². The smallest absolute Gasteiger partial charge is 0.404 e. The molecule has 14 heteroatoms. The number of nitrogens with zero attached hydrogens (tertiary/aromatic N) is 6. The monoisotopic (exact) mass is 553 g/mol. The maximum absolute atomic E-state index is 15.1. The number of methoxy groups -OCH3 is 1. The first kappa shape index (κ1) is 27.7. The van der Waals surface area contributed by atoms with Gasteiger partial charge in [-0.25, -0.2) is 9.37 Å². The number of ether oxygens (including phenoxy) is 2. The minimum Gasteiger partial charge on any atom is -0.404 e. The van der Waals surface area contributed by atoms with Gasteiger partial charge in [-0.05, 0) is 25.1 Å². The summed E-state index contributed by atoms with van der Waals surface area (Å²) < 4.78 is 66.1. The zero-order valence-corrected chi connectivity index (χ0v) is 22.0. The summed E-state index contributed by atoms with van der Waals surface area (Å²) >= 11 is 1.22. The van der Waals surface area contributed by atoms with Crippen molar-refractivity contribution in [3.63, 3.8) is 0 Å². The second-order valence-electron chi connectivity index (χ2n) is 8.84. The molecule has 38 heavy (non-hydrogen) atoms. The number of hydrogen-bond donors (Lipinski definition) is 1. The summed E-state index contributed by atoms with van der Waals surface area (Å²) in [5.41, 5.74) is 5.76. The van der Waals surface area contributed by atoms with Gasteiger partial charge in [-0.2, -0.15) is 23.1 Å². The highest BCUT2D eigenvalue weighted by Gasteiger charge is 2.33. The van der Waals surface area contributed by atoms with E-state index in [9.17, 15) is 13.2 Å². The van der Waals surface area contributed by atoms with E-state index in [-0.39, 0.29) is 30.0 Å².